The maximum atomic E-state index is 2.97. The van der Waals surface area contributed by atoms with Crippen molar-refractivity contribution in [2.24, 2.45) is 0 Å². The Kier molecular flexibility index (Phi) is 6.88. The van der Waals surface area contributed by atoms with Crippen molar-refractivity contribution < 1.29 is 0 Å². The number of fused-ring (bicyclic) bond motifs is 8. The molecule has 3 aliphatic heterocycles. The van der Waals surface area contributed by atoms with Crippen molar-refractivity contribution in [2.45, 2.75) is 139 Å². The molecule has 2 fully saturated rings. The average molecular weight is 876 g/mol. The first-order valence-electron chi connectivity index (χ1n) is 26.7. The summed E-state index contributed by atoms with van der Waals surface area (Å²) in [6, 6.07) is 45.9. The third-order valence-corrected chi connectivity index (χ3v) is 20.4. The Balaban J connectivity index is 0.997. The summed E-state index contributed by atoms with van der Waals surface area (Å²) in [4.78, 5) is 2.97. The number of hydrogen-bond donors (Lipinski definition) is 0. The van der Waals surface area contributed by atoms with Crippen LogP contribution in [-0.4, -0.2) is 6.71 Å². The zero-order valence-electron chi connectivity index (χ0n) is 40.4. The van der Waals surface area contributed by atoms with E-state index in [1.165, 1.54) is 114 Å². The van der Waals surface area contributed by atoms with Crippen LogP contribution in [0, 0.1) is 0 Å². The van der Waals surface area contributed by atoms with Gasteiger partial charge in [-0.1, -0.05) is 143 Å². The van der Waals surface area contributed by atoms with Crippen molar-refractivity contribution in [1.82, 2.24) is 0 Å². The monoisotopic (exact) mass is 875 g/mol. The number of nitrogens with zero attached hydrogens (tertiary/aromatic N) is 1. The predicted octanol–water partition coefficient (Wildman–Crippen LogP) is 15.7. The number of hydrogen-bond acceptors (Lipinski definition) is 1. The average Bonchev–Trinajstić information content (AvgIpc) is 3.71. The first-order chi connectivity index (χ1) is 33.1. The van der Waals surface area contributed by atoms with Crippen molar-refractivity contribution in [2.75, 3.05) is 4.90 Å². The third-order valence-electron chi connectivity index (χ3n) is 20.4. The van der Waals surface area contributed by atoms with Gasteiger partial charge in [0.2, 0.25) is 6.71 Å². The fraction of sp³-hybridized carbons (Fsp3) is 0.333. The highest BCUT2D eigenvalue weighted by Gasteiger charge is 2.59. The highest BCUT2D eigenvalue weighted by Crippen LogP contribution is 2.73. The summed E-state index contributed by atoms with van der Waals surface area (Å²) < 4.78 is 0. The van der Waals surface area contributed by atoms with E-state index in [9.17, 15) is 0 Å². The van der Waals surface area contributed by atoms with Crippen LogP contribution < -0.4 is 21.3 Å². The molecule has 3 heterocycles. The summed E-state index contributed by atoms with van der Waals surface area (Å²) in [6.07, 6.45) is 13.3. The standard InChI is InChI=1S/C66H58BN/c1-64(2)33-66(5)34-65(3,4)59-57-49-32-47-40-17-21-42(22-18-40)53(47)45-28-30-51-62(55(45)49)68-61-50(67(51)43-25-23-38(24-26-43)37-13-11-36(12-14-37)35-9-7-6-8-10-35)29-27-44-52-41-19-15-39(16-20-41)46(52)31-48(54(44)61)56(63(57)68)58(64)60(59)66/h6-14,23-32,39-42H,15-22,33-34H2,1-5H3. The van der Waals surface area contributed by atoms with Crippen molar-refractivity contribution in [3.05, 3.63) is 154 Å². The van der Waals surface area contributed by atoms with Gasteiger partial charge in [-0.05, 0) is 210 Å². The molecular formula is C66H58BN. The lowest BCUT2D eigenvalue weighted by atomic mass is 9.34. The van der Waals surface area contributed by atoms with E-state index in [-0.39, 0.29) is 23.0 Å². The highest BCUT2D eigenvalue weighted by atomic mass is 15.2. The molecule has 11 aliphatic rings. The first-order valence-corrected chi connectivity index (χ1v) is 26.7. The van der Waals surface area contributed by atoms with Crippen LogP contribution in [0.3, 0.4) is 0 Å². The van der Waals surface area contributed by atoms with Gasteiger partial charge in [0.1, 0.15) is 0 Å². The number of benzene rings is 8. The fourth-order valence-electron chi connectivity index (χ4n) is 18.5. The molecule has 0 radical (unpaired) electrons. The Labute approximate surface area is 402 Å². The van der Waals surface area contributed by atoms with Crippen LogP contribution in [-0.2, 0) is 16.2 Å². The minimum absolute atomic E-state index is 0.0715. The molecule has 0 aromatic heterocycles. The van der Waals surface area contributed by atoms with Gasteiger partial charge in [0.05, 0.1) is 5.69 Å². The third kappa shape index (κ3) is 4.42. The second-order valence-electron chi connectivity index (χ2n) is 25.0. The molecule has 0 amide bonds. The van der Waals surface area contributed by atoms with Crippen LogP contribution in [0.15, 0.2) is 115 Å². The highest BCUT2D eigenvalue weighted by molar-refractivity contribution is 6.98. The van der Waals surface area contributed by atoms with E-state index in [1.54, 1.807) is 88.4 Å². The lowest BCUT2D eigenvalue weighted by Gasteiger charge is -2.50. The fourth-order valence-corrected chi connectivity index (χ4v) is 18.5. The van der Waals surface area contributed by atoms with Crippen LogP contribution in [0.4, 0.5) is 17.1 Å². The van der Waals surface area contributed by atoms with Gasteiger partial charge in [-0.15, -0.1) is 0 Å². The Bertz CT molecular complexity index is 3480. The molecular weight excluding hydrogens is 818 g/mol. The molecule has 0 saturated heterocycles. The molecule has 4 bridgehead atoms. The largest absolute Gasteiger partial charge is 0.309 e. The van der Waals surface area contributed by atoms with E-state index in [0.29, 0.717) is 23.7 Å². The molecule has 0 spiro atoms. The van der Waals surface area contributed by atoms with Crippen LogP contribution in [0.5, 0.6) is 0 Å². The zero-order chi connectivity index (χ0) is 44.9. The van der Waals surface area contributed by atoms with Gasteiger partial charge in [-0.25, -0.2) is 0 Å². The van der Waals surface area contributed by atoms with E-state index < -0.39 is 0 Å². The smallest absolute Gasteiger partial charge is 0.246 e. The molecule has 8 aromatic carbocycles. The van der Waals surface area contributed by atoms with Gasteiger partial charge in [-0.3, -0.25) is 0 Å². The summed E-state index contributed by atoms with van der Waals surface area (Å²) in [5.74, 6) is 2.71. The molecule has 330 valence electrons. The van der Waals surface area contributed by atoms with Crippen LogP contribution in [0.1, 0.15) is 161 Å². The van der Waals surface area contributed by atoms with Gasteiger partial charge < -0.3 is 4.90 Å². The molecule has 19 rings (SSSR count). The lowest BCUT2D eigenvalue weighted by molar-refractivity contribution is 0.320. The minimum atomic E-state index is 0.0715. The Hall–Kier alpha value is -5.86. The first kappa shape index (κ1) is 38.0. The van der Waals surface area contributed by atoms with Gasteiger partial charge in [0, 0.05) is 33.3 Å². The summed E-state index contributed by atoms with van der Waals surface area (Å²) in [6.45, 7) is 13.3. The van der Waals surface area contributed by atoms with Crippen molar-refractivity contribution in [3.8, 4) is 44.5 Å². The van der Waals surface area contributed by atoms with Crippen LogP contribution in [0.2, 0.25) is 0 Å². The number of anilines is 3. The second-order valence-corrected chi connectivity index (χ2v) is 25.0. The normalized spacial score (nSPS) is 25.7. The van der Waals surface area contributed by atoms with Crippen molar-refractivity contribution >= 4 is 61.7 Å². The quantitative estimate of drug-likeness (QED) is 0.160. The Morgan fingerprint density at radius 1 is 0.441 bits per heavy atom. The Morgan fingerprint density at radius 2 is 0.868 bits per heavy atom. The van der Waals surface area contributed by atoms with Gasteiger partial charge >= 0.3 is 0 Å². The van der Waals surface area contributed by atoms with Crippen molar-refractivity contribution in [1.29, 1.82) is 0 Å². The van der Waals surface area contributed by atoms with Gasteiger partial charge in [-0.2, -0.15) is 0 Å². The maximum Gasteiger partial charge on any atom is 0.246 e. The number of rotatable bonds is 3. The van der Waals surface area contributed by atoms with Crippen molar-refractivity contribution in [3.63, 3.8) is 0 Å². The molecule has 1 nitrogen and oxygen atoms in total. The summed E-state index contributed by atoms with van der Waals surface area (Å²) in [5.41, 5.74) is 32.6. The Morgan fingerprint density at radius 3 is 1.34 bits per heavy atom. The molecule has 2 heteroatoms. The lowest BCUT2D eigenvalue weighted by Crippen LogP contribution is -2.58. The van der Waals surface area contributed by atoms with E-state index in [1.807, 2.05) is 0 Å². The maximum absolute atomic E-state index is 2.97. The van der Waals surface area contributed by atoms with E-state index in [4.69, 9.17) is 0 Å². The molecule has 0 unspecified atom stereocenters. The SMILES string of the molecule is CC1(C)CC2(C)CC(C)(C)c3c4c5c(c1c32)-c1cc2c(c3ccc6c(c13)N5c1c(ccc3c5c(cc-4c13)C1CCC5CC1)B6c1ccc(-c3ccc(-c4ccccc4)cc3)cc1)C1CCC2CC1. The topological polar surface area (TPSA) is 3.24 Å². The molecule has 0 atom stereocenters. The summed E-state index contributed by atoms with van der Waals surface area (Å²) in [5, 5.41) is 6.27. The van der Waals surface area contributed by atoms with E-state index in [2.05, 4.69) is 155 Å². The molecule has 8 aromatic rings. The summed E-state index contributed by atoms with van der Waals surface area (Å²) >= 11 is 0. The summed E-state index contributed by atoms with van der Waals surface area (Å²) in [7, 11) is 0. The molecule has 2 saturated carbocycles. The predicted molar refractivity (Wildman–Crippen MR) is 287 cm³/mol. The molecule has 0 N–H and O–H groups in total. The molecule has 8 aliphatic carbocycles. The van der Waals surface area contributed by atoms with Gasteiger partial charge in [0.25, 0.3) is 0 Å². The van der Waals surface area contributed by atoms with E-state index >= 15 is 0 Å². The second kappa shape index (κ2) is 12.3. The zero-order valence-corrected chi connectivity index (χ0v) is 40.4. The van der Waals surface area contributed by atoms with Crippen LogP contribution in [0.25, 0.3) is 66.1 Å². The van der Waals surface area contributed by atoms with E-state index in [0.717, 1.165) is 0 Å². The minimum Gasteiger partial charge on any atom is -0.309 e. The van der Waals surface area contributed by atoms with Gasteiger partial charge in [0.15, 0.2) is 0 Å². The van der Waals surface area contributed by atoms with Crippen LogP contribution >= 0.6 is 0 Å². The molecule has 68 heavy (non-hydrogen) atoms.